The minimum atomic E-state index is 0.101. The molecule has 2 rings (SSSR count). The summed E-state index contributed by atoms with van der Waals surface area (Å²) >= 11 is 5.55. The van der Waals surface area contributed by atoms with Crippen molar-refractivity contribution >= 4 is 23.3 Å². The number of nitrogens with one attached hydrogen (secondary N) is 1. The first-order chi connectivity index (χ1) is 9.11. The van der Waals surface area contributed by atoms with Gasteiger partial charge in [0.15, 0.2) is 4.77 Å². The molecular formula is C15H22N2OS. The van der Waals surface area contributed by atoms with E-state index in [4.69, 9.17) is 17.0 Å². The largest absolute Gasteiger partial charge is 0.497 e. The molecule has 3 nitrogen and oxygen atoms in total. The first-order valence-corrected chi connectivity index (χ1v) is 7.32. The van der Waals surface area contributed by atoms with Crippen LogP contribution in [0.25, 0.3) is 11.0 Å². The summed E-state index contributed by atoms with van der Waals surface area (Å²) in [7, 11) is 1.68. The normalized spacial score (nSPS) is 12.0. The Morgan fingerprint density at radius 2 is 1.84 bits per heavy atom. The molecule has 2 aromatic rings. The van der Waals surface area contributed by atoms with E-state index in [0.717, 1.165) is 40.8 Å². The number of hydrogen-bond acceptors (Lipinski definition) is 2. The van der Waals surface area contributed by atoms with Gasteiger partial charge in [0.2, 0.25) is 0 Å². The van der Waals surface area contributed by atoms with Gasteiger partial charge in [-0.25, -0.2) is 0 Å². The Morgan fingerprint density at radius 3 is 2.37 bits per heavy atom. The van der Waals surface area contributed by atoms with E-state index in [0.29, 0.717) is 0 Å². The van der Waals surface area contributed by atoms with Gasteiger partial charge in [-0.05, 0) is 43.6 Å². The molecule has 19 heavy (non-hydrogen) atoms. The predicted octanol–water partition coefficient (Wildman–Crippen LogP) is 4.63. The van der Waals surface area contributed by atoms with Gasteiger partial charge < -0.3 is 14.3 Å². The molecule has 0 atom stereocenters. The van der Waals surface area contributed by atoms with Crippen LogP contribution in [0.1, 0.15) is 40.0 Å². The zero-order chi connectivity index (χ0) is 14.0. The fourth-order valence-electron chi connectivity index (χ4n) is 2.91. The fourth-order valence-corrected chi connectivity index (χ4v) is 3.31. The summed E-state index contributed by atoms with van der Waals surface area (Å²) in [5.41, 5.74) is 2.31. The zero-order valence-electron chi connectivity index (χ0n) is 12.1. The van der Waals surface area contributed by atoms with Crippen LogP contribution in [0.2, 0.25) is 0 Å². The molecule has 0 spiro atoms. The molecule has 0 saturated heterocycles. The number of H-pyrrole nitrogens is 1. The van der Waals surface area contributed by atoms with Crippen molar-refractivity contribution in [1.29, 1.82) is 0 Å². The van der Waals surface area contributed by atoms with E-state index in [1.54, 1.807) is 7.11 Å². The Hall–Kier alpha value is -1.29. The lowest BCUT2D eigenvalue weighted by Gasteiger charge is -2.33. The summed E-state index contributed by atoms with van der Waals surface area (Å²) in [4.78, 5) is 3.31. The van der Waals surface area contributed by atoms with E-state index in [-0.39, 0.29) is 5.54 Å². The lowest BCUT2D eigenvalue weighted by molar-refractivity contribution is 0.255. The Bertz CT molecular complexity index is 614. The Kier molecular flexibility index (Phi) is 3.99. The van der Waals surface area contributed by atoms with Crippen LogP contribution in [0.4, 0.5) is 0 Å². The van der Waals surface area contributed by atoms with Crippen molar-refractivity contribution < 1.29 is 4.74 Å². The lowest BCUT2D eigenvalue weighted by atomic mass is 9.89. The predicted molar refractivity (Wildman–Crippen MR) is 82.5 cm³/mol. The number of hydrogen-bond donors (Lipinski definition) is 1. The van der Waals surface area contributed by atoms with Crippen molar-refractivity contribution in [1.82, 2.24) is 9.55 Å². The van der Waals surface area contributed by atoms with Crippen molar-refractivity contribution in [3.8, 4) is 5.75 Å². The summed E-state index contributed by atoms with van der Waals surface area (Å²) < 4.78 is 8.36. The van der Waals surface area contributed by atoms with Crippen molar-refractivity contribution in [2.75, 3.05) is 7.11 Å². The van der Waals surface area contributed by atoms with Crippen LogP contribution in [0.5, 0.6) is 5.75 Å². The standard InChI is InChI=1S/C15H22N2OS/c1-5-15(6-2,7-3)17-13-9-8-11(18-4)10-12(13)16-14(17)19/h8-10H,5-7H2,1-4H3,(H,16,19). The zero-order valence-corrected chi connectivity index (χ0v) is 12.9. The molecule has 1 N–H and O–H groups in total. The van der Waals surface area contributed by atoms with Crippen molar-refractivity contribution in [3.05, 3.63) is 23.0 Å². The van der Waals surface area contributed by atoms with Crippen molar-refractivity contribution in [3.63, 3.8) is 0 Å². The van der Waals surface area contributed by atoms with Gasteiger partial charge in [-0.1, -0.05) is 20.8 Å². The summed E-state index contributed by atoms with van der Waals surface area (Å²) in [5.74, 6) is 0.853. The highest BCUT2D eigenvalue weighted by Gasteiger charge is 2.28. The maximum Gasteiger partial charge on any atom is 0.178 e. The monoisotopic (exact) mass is 278 g/mol. The van der Waals surface area contributed by atoms with Gasteiger partial charge in [-0.2, -0.15) is 0 Å². The van der Waals surface area contributed by atoms with Crippen LogP contribution in [-0.4, -0.2) is 16.7 Å². The number of aromatic nitrogens is 2. The number of fused-ring (bicyclic) bond motifs is 1. The van der Waals surface area contributed by atoms with E-state index >= 15 is 0 Å². The molecule has 0 radical (unpaired) electrons. The van der Waals surface area contributed by atoms with Crippen molar-refractivity contribution in [2.24, 2.45) is 0 Å². The molecule has 4 heteroatoms. The SMILES string of the molecule is CCC(CC)(CC)n1c(=S)[nH]c2cc(OC)ccc21. The summed E-state index contributed by atoms with van der Waals surface area (Å²) in [6, 6.07) is 6.09. The van der Waals surface area contributed by atoms with Crippen LogP contribution in [0, 0.1) is 4.77 Å². The van der Waals surface area contributed by atoms with E-state index in [2.05, 4.69) is 36.4 Å². The molecule has 0 aliphatic rings. The average molecular weight is 278 g/mol. The maximum absolute atomic E-state index is 5.55. The summed E-state index contributed by atoms with van der Waals surface area (Å²) in [6.07, 6.45) is 3.23. The lowest BCUT2D eigenvalue weighted by Crippen LogP contribution is -2.31. The number of rotatable bonds is 5. The maximum atomic E-state index is 5.55. The second kappa shape index (κ2) is 5.37. The van der Waals surface area contributed by atoms with Crippen LogP contribution in [-0.2, 0) is 5.54 Å². The van der Waals surface area contributed by atoms with Gasteiger partial charge in [0.25, 0.3) is 0 Å². The van der Waals surface area contributed by atoms with Gasteiger partial charge in [0.05, 0.1) is 18.1 Å². The molecule has 0 aliphatic carbocycles. The number of imidazole rings is 1. The Morgan fingerprint density at radius 1 is 1.21 bits per heavy atom. The first kappa shape index (κ1) is 14.1. The summed E-state index contributed by atoms with van der Waals surface area (Å²) in [5, 5.41) is 0. The van der Waals surface area contributed by atoms with Crippen molar-refractivity contribution in [2.45, 2.75) is 45.6 Å². The minimum absolute atomic E-state index is 0.101. The number of methoxy groups -OCH3 is 1. The van der Waals surface area contributed by atoms with E-state index in [1.807, 2.05) is 12.1 Å². The number of aromatic amines is 1. The second-order valence-corrected chi connectivity index (χ2v) is 5.32. The van der Waals surface area contributed by atoms with E-state index < -0.39 is 0 Å². The molecule has 0 fully saturated rings. The molecule has 0 aliphatic heterocycles. The Labute approximate surface area is 119 Å². The molecule has 1 aromatic heterocycles. The number of nitrogens with zero attached hydrogens (tertiary/aromatic N) is 1. The highest BCUT2D eigenvalue weighted by molar-refractivity contribution is 7.71. The Balaban J connectivity index is 2.73. The molecule has 0 unspecified atom stereocenters. The average Bonchev–Trinajstić information content (AvgIpc) is 2.77. The fraction of sp³-hybridized carbons (Fsp3) is 0.533. The van der Waals surface area contributed by atoms with E-state index in [9.17, 15) is 0 Å². The van der Waals surface area contributed by atoms with Gasteiger partial charge >= 0.3 is 0 Å². The highest BCUT2D eigenvalue weighted by Crippen LogP contribution is 2.34. The molecular weight excluding hydrogens is 256 g/mol. The molecule has 0 bridgehead atoms. The van der Waals surface area contributed by atoms with Gasteiger partial charge in [-0.3, -0.25) is 0 Å². The third kappa shape index (κ3) is 2.18. The van der Waals surface area contributed by atoms with Crippen LogP contribution in [0.15, 0.2) is 18.2 Å². The van der Waals surface area contributed by atoms with Crippen LogP contribution < -0.4 is 4.74 Å². The van der Waals surface area contributed by atoms with Gasteiger partial charge in [0, 0.05) is 11.6 Å². The molecule has 1 heterocycles. The van der Waals surface area contributed by atoms with Crippen LogP contribution in [0.3, 0.4) is 0 Å². The van der Waals surface area contributed by atoms with E-state index in [1.165, 1.54) is 0 Å². The molecule has 0 saturated carbocycles. The molecule has 1 aromatic carbocycles. The van der Waals surface area contributed by atoms with Gasteiger partial charge in [0.1, 0.15) is 5.75 Å². The quantitative estimate of drug-likeness (QED) is 0.808. The molecule has 0 amide bonds. The second-order valence-electron chi connectivity index (χ2n) is 4.93. The topological polar surface area (TPSA) is 29.9 Å². The highest BCUT2D eigenvalue weighted by atomic mass is 32.1. The minimum Gasteiger partial charge on any atom is -0.497 e. The number of benzene rings is 1. The molecule has 104 valence electrons. The summed E-state index contributed by atoms with van der Waals surface area (Å²) in [6.45, 7) is 6.70. The van der Waals surface area contributed by atoms with Crippen LogP contribution >= 0.6 is 12.2 Å². The first-order valence-electron chi connectivity index (χ1n) is 6.91. The third-order valence-electron chi connectivity index (χ3n) is 4.34. The van der Waals surface area contributed by atoms with Gasteiger partial charge in [-0.15, -0.1) is 0 Å². The smallest absolute Gasteiger partial charge is 0.178 e. The number of ether oxygens (including phenoxy) is 1. The third-order valence-corrected chi connectivity index (χ3v) is 4.62.